The van der Waals surface area contributed by atoms with Crippen molar-refractivity contribution in [2.75, 3.05) is 13.2 Å². The van der Waals surface area contributed by atoms with Crippen LogP contribution in [0.3, 0.4) is 0 Å². The van der Waals surface area contributed by atoms with Crippen LogP contribution in [0.2, 0.25) is 0 Å². The number of phenolic OH excluding ortho intramolecular Hbond substituents is 1. The van der Waals surface area contributed by atoms with E-state index in [4.69, 9.17) is 41.5 Å². The van der Waals surface area contributed by atoms with Crippen molar-refractivity contribution in [1.82, 2.24) is 0 Å². The van der Waals surface area contributed by atoms with Gasteiger partial charge in [-0.25, -0.2) is 19.2 Å². The molecule has 11 nitrogen and oxygen atoms in total. The standard InChI is InChI=1S/C18H22O5.C10H10O2.C9H8O3.C3H3ClO/c1-2-18(21)23-14-6-4-3-5-13-22-16-10-7-15(8-11-16)9-12-17(19)20;1-8-2-4-9(5-3-8)6-7-10(11)12;10-8-4-1-7(2-5-8)3-6-9(11)12;1-2-3(4)5/h2,7-12H,1,3-6,13-14H2,(H,19,20);2-7H,1H3,(H,11,12);1-6,10H,(H,11,12);2H,1H2/b12-9+;7-6+;6-3+;. The Morgan fingerprint density at radius 1 is 0.615 bits per heavy atom. The molecule has 0 aliphatic rings. The molecule has 0 heterocycles. The second-order valence-electron chi connectivity index (χ2n) is 10.2. The first-order chi connectivity index (χ1) is 24.7. The van der Waals surface area contributed by atoms with E-state index in [2.05, 4.69) is 13.2 Å². The predicted molar refractivity (Wildman–Crippen MR) is 202 cm³/mol. The van der Waals surface area contributed by atoms with Gasteiger partial charge in [0.25, 0.3) is 0 Å². The highest BCUT2D eigenvalue weighted by atomic mass is 35.5. The van der Waals surface area contributed by atoms with Crippen molar-refractivity contribution >= 4 is 58.9 Å². The van der Waals surface area contributed by atoms with Gasteiger partial charge in [0.2, 0.25) is 5.24 Å². The molecule has 276 valence electrons. The summed E-state index contributed by atoms with van der Waals surface area (Å²) in [5.74, 6) is -2.32. The Morgan fingerprint density at radius 2 is 1.00 bits per heavy atom. The van der Waals surface area contributed by atoms with Crippen LogP contribution in [0, 0.1) is 6.92 Å². The minimum atomic E-state index is -0.983. The number of benzene rings is 3. The first-order valence-electron chi connectivity index (χ1n) is 15.7. The topological polar surface area (TPSA) is 185 Å². The number of aryl methyl sites for hydroxylation is 1. The largest absolute Gasteiger partial charge is 0.508 e. The number of hydrogen-bond acceptors (Lipinski definition) is 8. The zero-order valence-corrected chi connectivity index (χ0v) is 29.5. The van der Waals surface area contributed by atoms with Crippen molar-refractivity contribution < 1.29 is 53.9 Å². The Hall–Kier alpha value is -6.20. The summed E-state index contributed by atoms with van der Waals surface area (Å²) in [4.78, 5) is 50.9. The van der Waals surface area contributed by atoms with E-state index in [1.54, 1.807) is 18.2 Å². The van der Waals surface area contributed by atoms with Gasteiger partial charge in [-0.3, -0.25) is 4.79 Å². The Kier molecular flexibility index (Phi) is 25.2. The van der Waals surface area contributed by atoms with Gasteiger partial charge in [0.05, 0.1) is 13.2 Å². The molecule has 0 fully saturated rings. The maximum absolute atomic E-state index is 10.8. The van der Waals surface area contributed by atoms with Crippen molar-refractivity contribution in [2.24, 2.45) is 0 Å². The van der Waals surface area contributed by atoms with Crippen LogP contribution in [-0.2, 0) is 28.7 Å². The molecule has 0 spiro atoms. The number of aliphatic carboxylic acids is 3. The maximum Gasteiger partial charge on any atom is 0.330 e. The van der Waals surface area contributed by atoms with Crippen molar-refractivity contribution in [3.05, 3.63) is 139 Å². The molecule has 3 aromatic carbocycles. The van der Waals surface area contributed by atoms with Gasteiger partial charge in [-0.05, 0) is 109 Å². The Bertz CT molecular complexity index is 1570. The summed E-state index contributed by atoms with van der Waals surface area (Å²) in [5, 5.41) is 33.6. The Labute approximate surface area is 308 Å². The molecule has 3 aromatic rings. The first-order valence-corrected chi connectivity index (χ1v) is 16.1. The molecule has 12 heteroatoms. The Morgan fingerprint density at radius 3 is 1.38 bits per heavy atom. The molecule has 0 radical (unpaired) electrons. The van der Waals surface area contributed by atoms with Gasteiger partial charge >= 0.3 is 23.9 Å². The number of aromatic hydroxyl groups is 1. The van der Waals surface area contributed by atoms with Crippen LogP contribution >= 0.6 is 11.6 Å². The van der Waals surface area contributed by atoms with Crippen molar-refractivity contribution in [3.8, 4) is 11.5 Å². The number of rotatable bonds is 16. The fourth-order valence-electron chi connectivity index (χ4n) is 3.42. The second kappa shape index (κ2) is 28.6. The number of carboxylic acid groups (broad SMARTS) is 3. The molecule has 3 rings (SSSR count). The first kappa shape index (κ1) is 45.8. The third-order valence-corrected chi connectivity index (χ3v) is 6.14. The molecule has 0 unspecified atom stereocenters. The summed E-state index contributed by atoms with van der Waals surface area (Å²) >= 11 is 4.71. The maximum atomic E-state index is 10.8. The van der Waals surface area contributed by atoms with Gasteiger partial charge in [0, 0.05) is 24.3 Å². The summed E-state index contributed by atoms with van der Waals surface area (Å²) in [6, 6.07) is 21.2. The zero-order valence-electron chi connectivity index (χ0n) is 28.7. The van der Waals surface area contributed by atoms with Crippen LogP contribution in [0.5, 0.6) is 11.5 Å². The van der Waals surface area contributed by atoms with Gasteiger partial charge in [-0.1, -0.05) is 67.3 Å². The highest BCUT2D eigenvalue weighted by Crippen LogP contribution is 2.14. The lowest BCUT2D eigenvalue weighted by Crippen LogP contribution is -2.02. The van der Waals surface area contributed by atoms with Crippen LogP contribution in [0.25, 0.3) is 18.2 Å². The number of unbranched alkanes of at least 4 members (excludes halogenated alkanes) is 3. The van der Waals surface area contributed by atoms with Crippen molar-refractivity contribution in [1.29, 1.82) is 0 Å². The number of allylic oxidation sites excluding steroid dienone is 1. The number of carbonyl (C=O) groups excluding carboxylic acids is 2. The van der Waals surface area contributed by atoms with Crippen LogP contribution < -0.4 is 4.74 Å². The summed E-state index contributed by atoms with van der Waals surface area (Å²) < 4.78 is 10.5. The van der Waals surface area contributed by atoms with Crippen LogP contribution in [0.15, 0.2) is 116 Å². The zero-order chi connectivity index (χ0) is 39.1. The van der Waals surface area contributed by atoms with Crippen LogP contribution in [-0.4, -0.2) is 62.8 Å². The summed E-state index contributed by atoms with van der Waals surface area (Å²) in [7, 11) is 0. The van der Waals surface area contributed by atoms with Gasteiger partial charge in [0.1, 0.15) is 11.5 Å². The number of ether oxygens (including phenoxy) is 2. The normalized spacial score (nSPS) is 10.0. The minimum absolute atomic E-state index is 0.169. The molecule has 4 N–H and O–H groups in total. The van der Waals surface area contributed by atoms with Crippen molar-refractivity contribution in [3.63, 3.8) is 0 Å². The smallest absolute Gasteiger partial charge is 0.330 e. The van der Waals surface area contributed by atoms with Crippen LogP contribution in [0.1, 0.15) is 47.9 Å². The number of halogens is 1. The lowest BCUT2D eigenvalue weighted by Gasteiger charge is -2.06. The van der Waals surface area contributed by atoms with Crippen molar-refractivity contribution in [2.45, 2.75) is 32.6 Å². The number of phenols is 1. The predicted octanol–water partition coefficient (Wildman–Crippen LogP) is 7.97. The fraction of sp³-hybridized carbons (Fsp3) is 0.175. The lowest BCUT2D eigenvalue weighted by molar-refractivity contribution is -0.138. The SMILES string of the molecule is C=CC(=O)Cl.C=CC(=O)OCCCCCCOc1ccc(/C=C/C(=O)O)cc1.Cc1ccc(/C=C/C(=O)O)cc1.O=C(O)/C=C/c1ccc(O)cc1. The summed E-state index contributed by atoms with van der Waals surface area (Å²) in [6.45, 7) is 9.45. The molecular formula is C40H43ClO11. The number of carboxylic acids is 3. The highest BCUT2D eigenvalue weighted by Gasteiger charge is 1.98. The number of carbonyl (C=O) groups is 5. The average Bonchev–Trinajstić information content (AvgIpc) is 3.12. The molecule has 0 bridgehead atoms. The van der Waals surface area contributed by atoms with Gasteiger partial charge in [-0.15, -0.1) is 0 Å². The molecular weight excluding hydrogens is 692 g/mol. The second-order valence-corrected chi connectivity index (χ2v) is 10.6. The molecule has 0 aliphatic carbocycles. The number of esters is 1. The lowest BCUT2D eigenvalue weighted by atomic mass is 10.1. The molecule has 0 aromatic heterocycles. The van der Waals surface area contributed by atoms with Gasteiger partial charge in [-0.2, -0.15) is 0 Å². The Balaban J connectivity index is 0.000000754. The van der Waals surface area contributed by atoms with E-state index in [0.29, 0.717) is 13.2 Å². The van der Waals surface area contributed by atoms with E-state index in [-0.39, 0.29) is 11.7 Å². The highest BCUT2D eigenvalue weighted by molar-refractivity contribution is 6.66. The third-order valence-electron chi connectivity index (χ3n) is 5.98. The average molecular weight is 735 g/mol. The van der Waals surface area contributed by atoms with E-state index in [1.807, 2.05) is 55.5 Å². The molecule has 0 amide bonds. The van der Waals surface area contributed by atoms with E-state index in [0.717, 1.165) is 78.5 Å². The molecule has 0 atom stereocenters. The van der Waals surface area contributed by atoms with Gasteiger partial charge < -0.3 is 29.9 Å². The van der Waals surface area contributed by atoms with E-state index >= 15 is 0 Å². The minimum Gasteiger partial charge on any atom is -0.508 e. The quantitative estimate of drug-likeness (QED) is 0.0484. The van der Waals surface area contributed by atoms with E-state index in [1.165, 1.54) is 29.8 Å². The molecule has 0 saturated heterocycles. The van der Waals surface area contributed by atoms with Gasteiger partial charge in [0.15, 0.2) is 0 Å². The van der Waals surface area contributed by atoms with E-state index < -0.39 is 23.2 Å². The van der Waals surface area contributed by atoms with Crippen LogP contribution in [0.4, 0.5) is 0 Å². The molecule has 52 heavy (non-hydrogen) atoms. The molecule has 0 aliphatic heterocycles. The fourth-order valence-corrected chi connectivity index (χ4v) is 3.42. The molecule has 0 saturated carbocycles. The summed E-state index contributed by atoms with van der Waals surface area (Å²) in [5.41, 5.74) is 3.63. The number of hydrogen-bond donors (Lipinski definition) is 4. The monoisotopic (exact) mass is 734 g/mol. The van der Waals surface area contributed by atoms with E-state index in [9.17, 15) is 24.0 Å². The summed E-state index contributed by atoms with van der Waals surface area (Å²) in [6.07, 6.45) is 13.8. The third kappa shape index (κ3) is 27.7.